The summed E-state index contributed by atoms with van der Waals surface area (Å²) in [6.07, 6.45) is 0.781. The summed E-state index contributed by atoms with van der Waals surface area (Å²) in [7, 11) is -3.89. The predicted molar refractivity (Wildman–Crippen MR) is 59.4 cm³/mol. The Labute approximate surface area is 101 Å². The molecule has 0 aliphatic heterocycles. The van der Waals surface area contributed by atoms with Gasteiger partial charge in [-0.05, 0) is 12.1 Å². The lowest BCUT2D eigenvalue weighted by Gasteiger charge is -2.05. The standard InChI is InChI=1S/C10H8F2N2O3S/c1-18(15,16)8-3-5(11)2-6(10(8)12)7-4-9(13)14-17-7/h2-4H,1H3,(H2,13,14). The summed E-state index contributed by atoms with van der Waals surface area (Å²) < 4.78 is 54.6. The molecule has 0 spiro atoms. The number of aromatic nitrogens is 1. The maximum Gasteiger partial charge on any atom is 0.178 e. The molecular formula is C10H8F2N2O3S. The van der Waals surface area contributed by atoms with Crippen LogP contribution >= 0.6 is 0 Å². The highest BCUT2D eigenvalue weighted by Gasteiger charge is 2.21. The van der Waals surface area contributed by atoms with E-state index in [1.807, 2.05) is 0 Å². The van der Waals surface area contributed by atoms with Crippen molar-refractivity contribution in [2.45, 2.75) is 4.90 Å². The Morgan fingerprint density at radius 3 is 2.44 bits per heavy atom. The molecule has 2 aromatic rings. The van der Waals surface area contributed by atoms with Crippen LogP contribution in [0.4, 0.5) is 14.6 Å². The average molecular weight is 274 g/mol. The maximum atomic E-state index is 14.0. The van der Waals surface area contributed by atoms with E-state index in [1.54, 1.807) is 0 Å². The van der Waals surface area contributed by atoms with Gasteiger partial charge in [0, 0.05) is 12.3 Å². The quantitative estimate of drug-likeness (QED) is 0.899. The van der Waals surface area contributed by atoms with Gasteiger partial charge in [-0.3, -0.25) is 0 Å². The zero-order chi connectivity index (χ0) is 13.5. The van der Waals surface area contributed by atoms with E-state index in [9.17, 15) is 17.2 Å². The van der Waals surface area contributed by atoms with E-state index in [-0.39, 0.29) is 17.1 Å². The summed E-state index contributed by atoms with van der Waals surface area (Å²) in [6.45, 7) is 0. The molecule has 18 heavy (non-hydrogen) atoms. The number of nitrogens with zero attached hydrogens (tertiary/aromatic N) is 1. The Morgan fingerprint density at radius 2 is 1.94 bits per heavy atom. The summed E-state index contributed by atoms with van der Waals surface area (Å²) >= 11 is 0. The number of halogens is 2. The molecule has 0 saturated carbocycles. The third-order valence-electron chi connectivity index (χ3n) is 2.20. The number of hydrogen-bond acceptors (Lipinski definition) is 5. The van der Waals surface area contributed by atoms with E-state index in [0.717, 1.165) is 12.3 Å². The lowest BCUT2D eigenvalue weighted by Crippen LogP contribution is -2.03. The van der Waals surface area contributed by atoms with Crippen LogP contribution in [0.5, 0.6) is 0 Å². The number of anilines is 1. The maximum absolute atomic E-state index is 14.0. The van der Waals surface area contributed by atoms with Crippen molar-refractivity contribution in [2.24, 2.45) is 0 Å². The number of hydrogen-bond donors (Lipinski definition) is 1. The van der Waals surface area contributed by atoms with E-state index in [0.29, 0.717) is 6.07 Å². The zero-order valence-electron chi connectivity index (χ0n) is 9.15. The van der Waals surface area contributed by atoms with Crippen molar-refractivity contribution in [3.8, 4) is 11.3 Å². The van der Waals surface area contributed by atoms with Gasteiger partial charge in [0.25, 0.3) is 0 Å². The van der Waals surface area contributed by atoms with Gasteiger partial charge in [0.05, 0.1) is 5.56 Å². The Kier molecular flexibility index (Phi) is 2.81. The molecule has 1 heterocycles. The Bertz CT molecular complexity index is 710. The zero-order valence-corrected chi connectivity index (χ0v) is 9.96. The van der Waals surface area contributed by atoms with Gasteiger partial charge < -0.3 is 10.3 Å². The molecule has 2 N–H and O–H groups in total. The molecule has 0 fully saturated rings. The van der Waals surface area contributed by atoms with Crippen LogP contribution in [-0.4, -0.2) is 19.8 Å². The van der Waals surface area contributed by atoms with Crippen LogP contribution in [0.1, 0.15) is 0 Å². The second kappa shape index (κ2) is 4.05. The Balaban J connectivity index is 2.74. The van der Waals surface area contributed by atoms with Gasteiger partial charge in [0.2, 0.25) is 0 Å². The van der Waals surface area contributed by atoms with Crippen molar-refractivity contribution in [3.05, 3.63) is 29.8 Å². The smallest absolute Gasteiger partial charge is 0.178 e. The molecular weight excluding hydrogens is 266 g/mol. The van der Waals surface area contributed by atoms with E-state index in [2.05, 4.69) is 9.68 Å². The van der Waals surface area contributed by atoms with E-state index in [1.165, 1.54) is 6.07 Å². The molecule has 0 amide bonds. The molecule has 2 rings (SSSR count). The van der Waals surface area contributed by atoms with Crippen molar-refractivity contribution in [1.29, 1.82) is 0 Å². The van der Waals surface area contributed by atoms with E-state index < -0.39 is 26.4 Å². The first-order valence-electron chi connectivity index (χ1n) is 4.70. The average Bonchev–Trinajstić information content (AvgIpc) is 2.66. The fourth-order valence-corrected chi connectivity index (χ4v) is 2.19. The van der Waals surface area contributed by atoms with Gasteiger partial charge in [-0.15, -0.1) is 0 Å². The van der Waals surface area contributed by atoms with E-state index in [4.69, 9.17) is 5.73 Å². The molecule has 0 atom stereocenters. The molecule has 0 aliphatic carbocycles. The highest BCUT2D eigenvalue weighted by molar-refractivity contribution is 7.90. The number of rotatable bonds is 2. The van der Waals surface area contributed by atoms with Gasteiger partial charge in [0.1, 0.15) is 10.7 Å². The first-order chi connectivity index (χ1) is 8.29. The number of benzene rings is 1. The minimum atomic E-state index is -3.89. The summed E-state index contributed by atoms with van der Waals surface area (Å²) in [4.78, 5) is -0.743. The first kappa shape index (κ1) is 12.5. The minimum absolute atomic E-state index is 0.0189. The molecule has 0 aliphatic rings. The molecule has 0 saturated heterocycles. The fourth-order valence-electron chi connectivity index (χ4n) is 1.43. The van der Waals surface area contributed by atoms with E-state index >= 15 is 0 Å². The van der Waals surface area contributed by atoms with Crippen LogP contribution in [0, 0.1) is 11.6 Å². The summed E-state index contributed by atoms with van der Waals surface area (Å²) in [5.74, 6) is -2.17. The molecule has 0 bridgehead atoms. The fraction of sp³-hybridized carbons (Fsp3) is 0.100. The van der Waals surface area contributed by atoms with Gasteiger partial charge in [-0.2, -0.15) is 0 Å². The number of nitrogen functional groups attached to an aromatic ring is 1. The highest BCUT2D eigenvalue weighted by Crippen LogP contribution is 2.29. The summed E-state index contributed by atoms with van der Waals surface area (Å²) in [5, 5.41) is 3.32. The van der Waals surface area contributed by atoms with Gasteiger partial charge in [-0.25, -0.2) is 17.2 Å². The summed E-state index contributed by atoms with van der Waals surface area (Å²) in [5.41, 5.74) is 4.94. The minimum Gasteiger partial charge on any atom is -0.381 e. The van der Waals surface area contributed by atoms with Crippen molar-refractivity contribution >= 4 is 15.7 Å². The van der Waals surface area contributed by atoms with Gasteiger partial charge in [-0.1, -0.05) is 5.16 Å². The molecule has 1 aromatic carbocycles. The molecule has 0 radical (unpaired) electrons. The largest absolute Gasteiger partial charge is 0.381 e. The van der Waals surface area contributed by atoms with Crippen LogP contribution in [0.15, 0.2) is 27.6 Å². The van der Waals surface area contributed by atoms with Crippen LogP contribution in [0.25, 0.3) is 11.3 Å². The van der Waals surface area contributed by atoms with Crippen molar-refractivity contribution in [1.82, 2.24) is 5.16 Å². The third-order valence-corrected chi connectivity index (χ3v) is 3.29. The van der Waals surface area contributed by atoms with Crippen molar-refractivity contribution in [3.63, 3.8) is 0 Å². The predicted octanol–water partition coefficient (Wildman–Crippen LogP) is 1.61. The second-order valence-corrected chi connectivity index (χ2v) is 5.64. The topological polar surface area (TPSA) is 86.2 Å². The van der Waals surface area contributed by atoms with Crippen LogP contribution < -0.4 is 5.73 Å². The lowest BCUT2D eigenvalue weighted by molar-refractivity contribution is 0.432. The van der Waals surface area contributed by atoms with Crippen LogP contribution in [0.3, 0.4) is 0 Å². The van der Waals surface area contributed by atoms with Crippen LogP contribution in [0.2, 0.25) is 0 Å². The monoisotopic (exact) mass is 274 g/mol. The molecule has 96 valence electrons. The Morgan fingerprint density at radius 1 is 1.28 bits per heavy atom. The number of nitrogens with two attached hydrogens (primary N) is 1. The van der Waals surface area contributed by atoms with Crippen LogP contribution in [-0.2, 0) is 9.84 Å². The van der Waals surface area contributed by atoms with Gasteiger partial charge >= 0.3 is 0 Å². The molecule has 5 nitrogen and oxygen atoms in total. The summed E-state index contributed by atoms with van der Waals surface area (Å²) in [6, 6.07) is 2.59. The first-order valence-corrected chi connectivity index (χ1v) is 6.60. The molecule has 1 aromatic heterocycles. The van der Waals surface area contributed by atoms with Gasteiger partial charge in [0.15, 0.2) is 27.2 Å². The molecule has 0 unspecified atom stereocenters. The second-order valence-electron chi connectivity index (χ2n) is 3.65. The highest BCUT2D eigenvalue weighted by atomic mass is 32.2. The molecule has 8 heteroatoms. The third kappa shape index (κ3) is 2.19. The van der Waals surface area contributed by atoms with Crippen molar-refractivity contribution in [2.75, 3.05) is 12.0 Å². The lowest BCUT2D eigenvalue weighted by atomic mass is 10.1. The SMILES string of the molecule is CS(=O)(=O)c1cc(F)cc(-c2cc(N)no2)c1F. The number of sulfone groups is 1. The normalized spacial score (nSPS) is 11.7. The Hall–Kier alpha value is -1.96. The van der Waals surface area contributed by atoms with Crippen molar-refractivity contribution < 1.29 is 21.7 Å².